The monoisotopic (exact) mass is 271 g/mol. The smallest absolute Gasteiger partial charge is 0.124 e. The molecule has 0 spiro atoms. The first-order chi connectivity index (χ1) is 9.15. The molecule has 3 rings (SSSR count). The van der Waals surface area contributed by atoms with Crippen LogP contribution in [0.1, 0.15) is 0 Å². The van der Waals surface area contributed by atoms with Gasteiger partial charge < -0.3 is 16.2 Å². The number of hydrogen-bond acceptors (Lipinski definition) is 5. The Hall–Kier alpha value is -2.27. The van der Waals surface area contributed by atoms with E-state index in [1.54, 1.807) is 24.5 Å². The summed E-state index contributed by atoms with van der Waals surface area (Å²) in [4.78, 5) is 4.59. The van der Waals surface area contributed by atoms with Gasteiger partial charge in [0.1, 0.15) is 10.8 Å². The summed E-state index contributed by atoms with van der Waals surface area (Å²) in [6.07, 6.45) is 0. The molecule has 0 bridgehead atoms. The predicted molar refractivity (Wildman–Crippen MR) is 80.4 cm³/mol. The van der Waals surface area contributed by atoms with E-state index >= 15 is 0 Å². The van der Waals surface area contributed by atoms with Crippen LogP contribution in [0.25, 0.3) is 20.8 Å². The molecule has 96 valence electrons. The number of nitrogens with zero attached hydrogens (tertiary/aromatic N) is 1. The van der Waals surface area contributed by atoms with Crippen LogP contribution in [0.3, 0.4) is 0 Å². The number of anilines is 2. The summed E-state index contributed by atoms with van der Waals surface area (Å²) < 4.78 is 6.29. The average molecular weight is 271 g/mol. The van der Waals surface area contributed by atoms with Crippen molar-refractivity contribution < 1.29 is 4.74 Å². The summed E-state index contributed by atoms with van der Waals surface area (Å²) >= 11 is 1.60. The SMILES string of the molecule is COc1ccc2nc(-c3cc(N)cc(N)c3)sc2c1. The maximum absolute atomic E-state index is 5.81. The molecule has 0 fully saturated rings. The number of ether oxygens (including phenoxy) is 1. The molecule has 0 aliphatic rings. The molecule has 19 heavy (non-hydrogen) atoms. The first-order valence-electron chi connectivity index (χ1n) is 5.77. The van der Waals surface area contributed by atoms with Crippen molar-refractivity contribution in [2.24, 2.45) is 0 Å². The molecular weight excluding hydrogens is 258 g/mol. The number of fused-ring (bicyclic) bond motifs is 1. The first-order valence-corrected chi connectivity index (χ1v) is 6.58. The van der Waals surface area contributed by atoms with Crippen molar-refractivity contribution in [2.75, 3.05) is 18.6 Å². The van der Waals surface area contributed by atoms with E-state index in [4.69, 9.17) is 16.2 Å². The third-order valence-electron chi connectivity index (χ3n) is 2.82. The van der Waals surface area contributed by atoms with Crippen LogP contribution < -0.4 is 16.2 Å². The molecule has 0 aliphatic carbocycles. The average Bonchev–Trinajstić information content (AvgIpc) is 2.80. The number of rotatable bonds is 2. The number of thiazole rings is 1. The maximum atomic E-state index is 5.81. The van der Waals surface area contributed by atoms with Gasteiger partial charge >= 0.3 is 0 Å². The Morgan fingerprint density at radius 1 is 1.05 bits per heavy atom. The van der Waals surface area contributed by atoms with E-state index in [9.17, 15) is 0 Å². The lowest BCUT2D eigenvalue weighted by molar-refractivity contribution is 0.415. The van der Waals surface area contributed by atoms with Crippen molar-refractivity contribution in [3.8, 4) is 16.3 Å². The van der Waals surface area contributed by atoms with Gasteiger partial charge in [-0.3, -0.25) is 0 Å². The number of nitrogens with two attached hydrogens (primary N) is 2. The highest BCUT2D eigenvalue weighted by atomic mass is 32.1. The fourth-order valence-electron chi connectivity index (χ4n) is 1.96. The molecule has 2 aromatic carbocycles. The van der Waals surface area contributed by atoms with Crippen molar-refractivity contribution in [3.63, 3.8) is 0 Å². The van der Waals surface area contributed by atoms with Crippen LogP contribution in [0.2, 0.25) is 0 Å². The minimum Gasteiger partial charge on any atom is -0.497 e. The predicted octanol–water partition coefficient (Wildman–Crippen LogP) is 3.14. The minimum absolute atomic E-state index is 0.645. The summed E-state index contributed by atoms with van der Waals surface area (Å²) in [6.45, 7) is 0. The molecule has 0 amide bonds. The third-order valence-corrected chi connectivity index (χ3v) is 3.89. The number of aromatic nitrogens is 1. The van der Waals surface area contributed by atoms with E-state index < -0.39 is 0 Å². The fraction of sp³-hybridized carbons (Fsp3) is 0.0714. The number of methoxy groups -OCH3 is 1. The molecule has 4 nitrogen and oxygen atoms in total. The zero-order valence-corrected chi connectivity index (χ0v) is 11.2. The van der Waals surface area contributed by atoms with Gasteiger partial charge in [-0.05, 0) is 36.4 Å². The zero-order chi connectivity index (χ0) is 13.4. The molecule has 1 heterocycles. The summed E-state index contributed by atoms with van der Waals surface area (Å²) in [6, 6.07) is 11.3. The van der Waals surface area contributed by atoms with Crippen molar-refractivity contribution in [3.05, 3.63) is 36.4 Å². The van der Waals surface area contributed by atoms with Crippen molar-refractivity contribution in [1.29, 1.82) is 0 Å². The summed E-state index contributed by atoms with van der Waals surface area (Å²) in [5.74, 6) is 0.829. The summed E-state index contributed by atoms with van der Waals surface area (Å²) in [7, 11) is 1.65. The van der Waals surface area contributed by atoms with Crippen LogP contribution in [0, 0.1) is 0 Å². The number of hydrogen-bond donors (Lipinski definition) is 2. The minimum atomic E-state index is 0.645. The van der Waals surface area contributed by atoms with Gasteiger partial charge in [-0.25, -0.2) is 4.98 Å². The molecule has 3 aromatic rings. The van der Waals surface area contributed by atoms with Gasteiger partial charge in [0.2, 0.25) is 0 Å². The van der Waals surface area contributed by atoms with Gasteiger partial charge in [0.25, 0.3) is 0 Å². The standard InChI is InChI=1S/C14H13N3OS/c1-18-11-2-3-12-13(7-11)19-14(17-12)8-4-9(15)6-10(16)5-8/h2-7H,15-16H2,1H3. The molecule has 0 saturated heterocycles. The van der Waals surface area contributed by atoms with Gasteiger partial charge in [-0.1, -0.05) is 0 Å². The van der Waals surface area contributed by atoms with E-state index in [0.29, 0.717) is 11.4 Å². The lowest BCUT2D eigenvalue weighted by Gasteiger charge is -2.00. The normalized spacial score (nSPS) is 10.8. The molecule has 5 heteroatoms. The molecule has 1 aromatic heterocycles. The largest absolute Gasteiger partial charge is 0.497 e. The van der Waals surface area contributed by atoms with Crippen molar-refractivity contribution in [1.82, 2.24) is 4.98 Å². The van der Waals surface area contributed by atoms with Gasteiger partial charge in [0.15, 0.2) is 0 Å². The molecule has 4 N–H and O–H groups in total. The molecule has 0 radical (unpaired) electrons. The quantitative estimate of drug-likeness (QED) is 0.702. The topological polar surface area (TPSA) is 74.2 Å². The van der Waals surface area contributed by atoms with Gasteiger partial charge in [-0.15, -0.1) is 11.3 Å². The van der Waals surface area contributed by atoms with E-state index in [2.05, 4.69) is 4.98 Å². The highest BCUT2D eigenvalue weighted by Crippen LogP contribution is 2.33. The molecule has 0 aliphatic heterocycles. The molecule has 0 atom stereocenters. The van der Waals surface area contributed by atoms with E-state index in [0.717, 1.165) is 26.5 Å². The zero-order valence-electron chi connectivity index (χ0n) is 10.4. The Labute approximate surface area is 114 Å². The second-order valence-electron chi connectivity index (χ2n) is 4.24. The Balaban J connectivity index is 2.14. The van der Waals surface area contributed by atoms with E-state index in [1.807, 2.05) is 30.3 Å². The highest BCUT2D eigenvalue weighted by Gasteiger charge is 2.08. The summed E-state index contributed by atoms with van der Waals surface area (Å²) in [5, 5.41) is 0.905. The Morgan fingerprint density at radius 2 is 1.79 bits per heavy atom. The van der Waals surface area contributed by atoms with Crippen LogP contribution in [-0.2, 0) is 0 Å². The second-order valence-corrected chi connectivity index (χ2v) is 5.27. The van der Waals surface area contributed by atoms with Crippen LogP contribution in [0.5, 0.6) is 5.75 Å². The summed E-state index contributed by atoms with van der Waals surface area (Å²) in [5.41, 5.74) is 14.8. The first kappa shape index (κ1) is 11.8. The van der Waals surface area contributed by atoms with Gasteiger partial charge in [-0.2, -0.15) is 0 Å². The fourth-order valence-corrected chi connectivity index (χ4v) is 2.94. The third kappa shape index (κ3) is 2.20. The Morgan fingerprint density at radius 3 is 2.47 bits per heavy atom. The van der Waals surface area contributed by atoms with Crippen LogP contribution >= 0.6 is 11.3 Å². The Bertz CT molecular complexity index is 731. The molecule has 0 unspecified atom stereocenters. The highest BCUT2D eigenvalue weighted by molar-refractivity contribution is 7.21. The number of nitrogen functional groups attached to an aromatic ring is 2. The van der Waals surface area contributed by atoms with Crippen LogP contribution in [0.4, 0.5) is 11.4 Å². The Kier molecular flexibility index (Phi) is 2.76. The number of benzene rings is 2. The maximum Gasteiger partial charge on any atom is 0.124 e. The van der Waals surface area contributed by atoms with Gasteiger partial charge in [0.05, 0.1) is 17.3 Å². The lowest BCUT2D eigenvalue weighted by Crippen LogP contribution is -1.90. The second kappa shape index (κ2) is 4.44. The van der Waals surface area contributed by atoms with Crippen molar-refractivity contribution >= 4 is 32.9 Å². The lowest BCUT2D eigenvalue weighted by atomic mass is 10.2. The van der Waals surface area contributed by atoms with Crippen LogP contribution in [0.15, 0.2) is 36.4 Å². The van der Waals surface area contributed by atoms with Crippen molar-refractivity contribution in [2.45, 2.75) is 0 Å². The molecular formula is C14H13N3OS. The van der Waals surface area contributed by atoms with Crippen LogP contribution in [-0.4, -0.2) is 12.1 Å². The van der Waals surface area contributed by atoms with E-state index in [-0.39, 0.29) is 0 Å². The van der Waals surface area contributed by atoms with E-state index in [1.165, 1.54) is 0 Å². The van der Waals surface area contributed by atoms with Gasteiger partial charge in [0, 0.05) is 16.9 Å². The molecule has 0 saturated carbocycles.